The van der Waals surface area contributed by atoms with Gasteiger partial charge < -0.3 is 14.7 Å². The van der Waals surface area contributed by atoms with E-state index in [4.69, 9.17) is 4.52 Å². The molecule has 2 amide bonds. The van der Waals surface area contributed by atoms with E-state index in [0.717, 1.165) is 0 Å². The number of hydrogen-bond donors (Lipinski definition) is 1. The highest BCUT2D eigenvalue weighted by Gasteiger charge is 2.27. The quantitative estimate of drug-likeness (QED) is 0.910. The summed E-state index contributed by atoms with van der Waals surface area (Å²) in [6, 6.07) is 3.47. The van der Waals surface area contributed by atoms with E-state index >= 15 is 0 Å². The zero-order valence-corrected chi connectivity index (χ0v) is 12.9. The summed E-state index contributed by atoms with van der Waals surface area (Å²) < 4.78 is 6.53. The molecule has 0 spiro atoms. The Labute approximate surface area is 133 Å². The summed E-state index contributed by atoms with van der Waals surface area (Å²) in [4.78, 5) is 26.2. The Morgan fingerprint density at radius 3 is 2.78 bits per heavy atom. The normalized spacial score (nSPS) is 15.6. The number of anilines is 1. The molecule has 2 aromatic rings. The van der Waals surface area contributed by atoms with E-state index in [-0.39, 0.29) is 24.3 Å². The van der Waals surface area contributed by atoms with Crippen LogP contribution in [0.1, 0.15) is 18.6 Å². The minimum atomic E-state index is -0.110. The molecular weight excluding hydrogens is 298 g/mol. The molecule has 0 aromatic carbocycles. The van der Waals surface area contributed by atoms with Gasteiger partial charge in [-0.05, 0) is 25.8 Å². The standard InChI is InChI=1S/C15H19N5O3/c1-11-9-13(18-23-11)17-15(22)12-3-7-19(8-4-12)14(21)10-20-6-2-5-16-20/h2,5-6,9,12H,3-4,7-8,10H2,1H3,(H,17,18,22). The van der Waals surface area contributed by atoms with Crippen LogP contribution in [0.15, 0.2) is 29.0 Å². The molecule has 2 aromatic heterocycles. The molecule has 1 fully saturated rings. The zero-order valence-electron chi connectivity index (χ0n) is 12.9. The fourth-order valence-corrected chi connectivity index (χ4v) is 2.68. The monoisotopic (exact) mass is 317 g/mol. The lowest BCUT2D eigenvalue weighted by atomic mass is 9.96. The maximum absolute atomic E-state index is 12.2. The molecule has 0 radical (unpaired) electrons. The summed E-state index contributed by atoms with van der Waals surface area (Å²) in [6.07, 6.45) is 4.70. The van der Waals surface area contributed by atoms with Gasteiger partial charge in [-0.1, -0.05) is 5.16 Å². The van der Waals surface area contributed by atoms with E-state index in [9.17, 15) is 9.59 Å². The van der Waals surface area contributed by atoms with Crippen molar-refractivity contribution in [1.82, 2.24) is 19.8 Å². The summed E-state index contributed by atoms with van der Waals surface area (Å²) in [7, 11) is 0. The van der Waals surface area contributed by atoms with Crippen molar-refractivity contribution in [1.29, 1.82) is 0 Å². The van der Waals surface area contributed by atoms with Crippen molar-refractivity contribution in [2.45, 2.75) is 26.3 Å². The Morgan fingerprint density at radius 2 is 2.17 bits per heavy atom. The van der Waals surface area contributed by atoms with Crippen LogP contribution < -0.4 is 5.32 Å². The number of hydrogen-bond acceptors (Lipinski definition) is 5. The van der Waals surface area contributed by atoms with Gasteiger partial charge in [-0.15, -0.1) is 0 Å². The second-order valence-corrected chi connectivity index (χ2v) is 5.67. The largest absolute Gasteiger partial charge is 0.360 e. The van der Waals surface area contributed by atoms with Crippen LogP contribution in [0.5, 0.6) is 0 Å². The van der Waals surface area contributed by atoms with Gasteiger partial charge in [0.05, 0.1) is 0 Å². The van der Waals surface area contributed by atoms with Crippen molar-refractivity contribution >= 4 is 17.6 Å². The Bertz CT molecular complexity index is 671. The Balaban J connectivity index is 1.47. The molecule has 1 saturated heterocycles. The van der Waals surface area contributed by atoms with Gasteiger partial charge in [-0.3, -0.25) is 14.3 Å². The molecule has 8 nitrogen and oxygen atoms in total. The van der Waals surface area contributed by atoms with E-state index in [0.29, 0.717) is 37.5 Å². The van der Waals surface area contributed by atoms with Crippen LogP contribution in [-0.4, -0.2) is 44.7 Å². The lowest BCUT2D eigenvalue weighted by Gasteiger charge is -2.31. The van der Waals surface area contributed by atoms with Crippen molar-refractivity contribution in [2.24, 2.45) is 5.92 Å². The molecule has 1 aliphatic rings. The number of nitrogens with one attached hydrogen (secondary N) is 1. The Kier molecular flexibility index (Phi) is 4.40. The van der Waals surface area contributed by atoms with E-state index < -0.39 is 0 Å². The molecule has 1 aliphatic heterocycles. The molecule has 122 valence electrons. The molecule has 0 bridgehead atoms. The maximum atomic E-state index is 12.2. The number of aromatic nitrogens is 3. The van der Waals surface area contributed by atoms with E-state index in [1.165, 1.54) is 0 Å². The van der Waals surface area contributed by atoms with E-state index in [1.54, 1.807) is 41.0 Å². The first-order valence-electron chi connectivity index (χ1n) is 7.61. The highest BCUT2D eigenvalue weighted by atomic mass is 16.5. The van der Waals surface area contributed by atoms with Crippen molar-refractivity contribution in [3.63, 3.8) is 0 Å². The average Bonchev–Trinajstić information content (AvgIpc) is 3.19. The molecule has 0 atom stereocenters. The number of amides is 2. The van der Waals surface area contributed by atoms with Crippen LogP contribution in [0, 0.1) is 12.8 Å². The van der Waals surface area contributed by atoms with Crippen LogP contribution in [0.2, 0.25) is 0 Å². The second-order valence-electron chi connectivity index (χ2n) is 5.67. The van der Waals surface area contributed by atoms with Gasteiger partial charge in [0.15, 0.2) is 5.82 Å². The highest BCUT2D eigenvalue weighted by molar-refractivity contribution is 5.91. The predicted molar refractivity (Wildman–Crippen MR) is 81.4 cm³/mol. The predicted octanol–water partition coefficient (Wildman–Crippen LogP) is 1.06. The molecule has 0 aliphatic carbocycles. The molecule has 0 unspecified atom stereocenters. The van der Waals surface area contributed by atoms with Crippen LogP contribution in [0.25, 0.3) is 0 Å². The molecule has 3 rings (SSSR count). The molecule has 23 heavy (non-hydrogen) atoms. The highest BCUT2D eigenvalue weighted by Crippen LogP contribution is 2.19. The topological polar surface area (TPSA) is 93.3 Å². The lowest BCUT2D eigenvalue weighted by molar-refractivity contribution is -0.135. The van der Waals surface area contributed by atoms with Gasteiger partial charge in [-0.25, -0.2) is 0 Å². The molecule has 0 saturated carbocycles. The number of nitrogens with zero attached hydrogens (tertiary/aromatic N) is 4. The minimum absolute atomic E-state index is 0.0275. The lowest BCUT2D eigenvalue weighted by Crippen LogP contribution is -2.42. The third-order valence-electron chi connectivity index (χ3n) is 3.95. The number of carbonyl (C=O) groups excluding carboxylic acids is 2. The first-order chi connectivity index (χ1) is 11.1. The smallest absolute Gasteiger partial charge is 0.244 e. The van der Waals surface area contributed by atoms with E-state index in [2.05, 4.69) is 15.6 Å². The van der Waals surface area contributed by atoms with Gasteiger partial charge in [0.25, 0.3) is 0 Å². The molecule has 3 heterocycles. The summed E-state index contributed by atoms with van der Waals surface area (Å²) in [5, 5.41) is 10.5. The fraction of sp³-hybridized carbons (Fsp3) is 0.467. The molecule has 1 N–H and O–H groups in total. The van der Waals surface area contributed by atoms with E-state index in [1.807, 2.05) is 0 Å². The number of aryl methyl sites for hydroxylation is 1. The number of piperidine rings is 1. The SMILES string of the molecule is Cc1cc(NC(=O)C2CCN(C(=O)Cn3cccn3)CC2)no1. The van der Waals surface area contributed by atoms with Crippen molar-refractivity contribution in [3.05, 3.63) is 30.3 Å². The Morgan fingerprint density at radius 1 is 1.39 bits per heavy atom. The molecule has 8 heteroatoms. The summed E-state index contributed by atoms with van der Waals surface area (Å²) in [6.45, 7) is 3.17. The fourth-order valence-electron chi connectivity index (χ4n) is 2.68. The van der Waals surface area contributed by atoms with Gasteiger partial charge >= 0.3 is 0 Å². The van der Waals surface area contributed by atoms with Crippen LogP contribution in [-0.2, 0) is 16.1 Å². The minimum Gasteiger partial charge on any atom is -0.360 e. The van der Waals surface area contributed by atoms with Gasteiger partial charge in [0, 0.05) is 37.5 Å². The maximum Gasteiger partial charge on any atom is 0.244 e. The van der Waals surface area contributed by atoms with Crippen molar-refractivity contribution in [2.75, 3.05) is 18.4 Å². The summed E-state index contributed by atoms with van der Waals surface area (Å²) in [5.41, 5.74) is 0. The van der Waals surface area contributed by atoms with Gasteiger partial charge in [-0.2, -0.15) is 5.10 Å². The third kappa shape index (κ3) is 3.77. The Hall–Kier alpha value is -2.64. The number of likely N-dealkylation sites (tertiary alicyclic amines) is 1. The average molecular weight is 317 g/mol. The summed E-state index contributed by atoms with van der Waals surface area (Å²) >= 11 is 0. The second kappa shape index (κ2) is 6.64. The summed E-state index contributed by atoms with van der Waals surface area (Å²) in [5.74, 6) is 0.932. The van der Waals surface area contributed by atoms with Gasteiger partial charge in [0.2, 0.25) is 11.8 Å². The number of rotatable bonds is 4. The first-order valence-corrected chi connectivity index (χ1v) is 7.61. The van der Waals surface area contributed by atoms with Crippen molar-refractivity contribution < 1.29 is 14.1 Å². The van der Waals surface area contributed by atoms with Gasteiger partial charge in [0.1, 0.15) is 12.3 Å². The van der Waals surface area contributed by atoms with Crippen molar-refractivity contribution in [3.8, 4) is 0 Å². The molecular formula is C15H19N5O3. The van der Waals surface area contributed by atoms with Crippen LogP contribution in [0.4, 0.5) is 5.82 Å². The van der Waals surface area contributed by atoms with Crippen LogP contribution >= 0.6 is 0 Å². The number of carbonyl (C=O) groups is 2. The third-order valence-corrected chi connectivity index (χ3v) is 3.95. The zero-order chi connectivity index (χ0) is 16.2. The van der Waals surface area contributed by atoms with Crippen LogP contribution in [0.3, 0.4) is 0 Å². The first kappa shape index (κ1) is 15.3.